The summed E-state index contributed by atoms with van der Waals surface area (Å²) in [6.45, 7) is 14.1. The fraction of sp³-hybridized carbons (Fsp3) is 0.571. The molecule has 0 saturated carbocycles. The van der Waals surface area contributed by atoms with Crippen LogP contribution in [0.5, 0.6) is 0 Å². The number of aryl methyl sites for hydroxylation is 3. The lowest BCUT2D eigenvalue weighted by molar-refractivity contribution is -0.277. The van der Waals surface area contributed by atoms with E-state index < -0.39 is 11.8 Å². The number of nitrogens with zero attached hydrogens (tertiary/aromatic N) is 1. The Bertz CT molecular complexity index is 715. The van der Waals surface area contributed by atoms with Crippen LogP contribution >= 0.6 is 0 Å². The van der Waals surface area contributed by atoms with Gasteiger partial charge in [0.05, 0.1) is 5.57 Å². The quantitative estimate of drug-likeness (QED) is 0.508. The van der Waals surface area contributed by atoms with Gasteiger partial charge in [-0.15, -0.1) is 0 Å². The molecule has 0 radical (unpaired) electrons. The van der Waals surface area contributed by atoms with Gasteiger partial charge in [0.25, 0.3) is 5.91 Å². The Morgan fingerprint density at radius 3 is 2.26 bits per heavy atom. The third-order valence-electron chi connectivity index (χ3n) is 4.69. The summed E-state index contributed by atoms with van der Waals surface area (Å²) in [5.41, 5.74) is 3.77. The van der Waals surface area contributed by atoms with Crippen molar-refractivity contribution in [3.63, 3.8) is 0 Å². The van der Waals surface area contributed by atoms with Gasteiger partial charge in [-0.2, -0.15) is 0 Å². The van der Waals surface area contributed by atoms with E-state index in [9.17, 15) is 4.79 Å². The first-order valence-corrected chi connectivity index (χ1v) is 9.22. The molecule has 1 aromatic rings. The summed E-state index contributed by atoms with van der Waals surface area (Å²) in [6, 6.07) is 4.13. The van der Waals surface area contributed by atoms with E-state index in [0.717, 1.165) is 22.3 Å². The molecule has 1 atom stereocenters. The Hall–Kier alpha value is -1.89. The number of hydrogen-bond donors (Lipinski definition) is 0. The molecule has 1 aromatic carbocycles. The SMILES string of the molecule is CCOCOC1=C(c2c(C)cc(C)cc2C)C(=O)N(OC(C)OC)C1(C)C. The minimum absolute atomic E-state index is 0.0731. The third kappa shape index (κ3) is 4.18. The van der Waals surface area contributed by atoms with Crippen molar-refractivity contribution in [3.8, 4) is 0 Å². The van der Waals surface area contributed by atoms with Crippen molar-refractivity contribution in [1.29, 1.82) is 0 Å². The van der Waals surface area contributed by atoms with Gasteiger partial charge in [-0.3, -0.25) is 4.79 Å². The zero-order chi connectivity index (χ0) is 20.4. The van der Waals surface area contributed by atoms with Crippen LogP contribution in [0.2, 0.25) is 0 Å². The van der Waals surface area contributed by atoms with E-state index in [1.54, 1.807) is 6.92 Å². The number of benzene rings is 1. The van der Waals surface area contributed by atoms with Crippen LogP contribution < -0.4 is 0 Å². The molecule has 0 N–H and O–H groups in total. The number of carbonyl (C=O) groups is 1. The largest absolute Gasteiger partial charge is 0.468 e. The first kappa shape index (κ1) is 21.4. The monoisotopic (exact) mass is 377 g/mol. The lowest BCUT2D eigenvalue weighted by Crippen LogP contribution is -2.46. The minimum Gasteiger partial charge on any atom is -0.468 e. The molecule has 1 aliphatic rings. The molecule has 27 heavy (non-hydrogen) atoms. The fourth-order valence-electron chi connectivity index (χ4n) is 3.45. The number of rotatable bonds is 8. The average molecular weight is 377 g/mol. The van der Waals surface area contributed by atoms with Gasteiger partial charge in [0.1, 0.15) is 11.3 Å². The third-order valence-corrected chi connectivity index (χ3v) is 4.69. The van der Waals surface area contributed by atoms with Crippen LogP contribution in [-0.4, -0.2) is 43.3 Å². The highest BCUT2D eigenvalue weighted by atomic mass is 16.8. The number of ether oxygens (including phenoxy) is 3. The van der Waals surface area contributed by atoms with Crippen LogP contribution in [0, 0.1) is 20.8 Å². The number of hydroxylamine groups is 2. The van der Waals surface area contributed by atoms with Gasteiger partial charge < -0.3 is 14.2 Å². The Morgan fingerprint density at radius 2 is 1.74 bits per heavy atom. The molecule has 1 amide bonds. The van der Waals surface area contributed by atoms with Crippen LogP contribution in [0.25, 0.3) is 5.57 Å². The molecule has 2 rings (SSSR count). The zero-order valence-corrected chi connectivity index (χ0v) is 17.6. The molecule has 1 unspecified atom stereocenters. The van der Waals surface area contributed by atoms with Crippen LogP contribution in [-0.2, 0) is 23.8 Å². The second-order valence-electron chi connectivity index (χ2n) is 7.30. The highest BCUT2D eigenvalue weighted by Gasteiger charge is 2.50. The summed E-state index contributed by atoms with van der Waals surface area (Å²) >= 11 is 0. The average Bonchev–Trinajstić information content (AvgIpc) is 2.75. The van der Waals surface area contributed by atoms with E-state index in [2.05, 4.69) is 12.1 Å². The van der Waals surface area contributed by atoms with Gasteiger partial charge in [0, 0.05) is 13.7 Å². The van der Waals surface area contributed by atoms with Crippen LogP contribution in [0.3, 0.4) is 0 Å². The maximum atomic E-state index is 13.4. The Balaban J connectivity index is 2.60. The lowest BCUT2D eigenvalue weighted by Gasteiger charge is -2.33. The van der Waals surface area contributed by atoms with Crippen molar-refractivity contribution in [2.75, 3.05) is 20.5 Å². The minimum atomic E-state index is -0.805. The van der Waals surface area contributed by atoms with E-state index in [-0.39, 0.29) is 12.7 Å². The van der Waals surface area contributed by atoms with E-state index in [4.69, 9.17) is 19.0 Å². The Kier molecular flexibility index (Phi) is 6.68. The molecule has 1 aliphatic heterocycles. The first-order chi connectivity index (χ1) is 12.6. The van der Waals surface area contributed by atoms with Gasteiger partial charge in [0.15, 0.2) is 13.1 Å². The maximum absolute atomic E-state index is 13.4. The standard InChI is InChI=1S/C21H31NO5/c1-9-25-12-26-19-18(17-14(3)10-13(2)11-15(17)4)20(23)22(21(19,6)7)27-16(5)24-8/h10-11,16H,9,12H2,1-8H3. The summed E-state index contributed by atoms with van der Waals surface area (Å²) in [7, 11) is 1.54. The topological polar surface area (TPSA) is 57.2 Å². The molecule has 1 heterocycles. The van der Waals surface area contributed by atoms with Crippen molar-refractivity contribution in [3.05, 3.63) is 40.1 Å². The summed E-state index contributed by atoms with van der Waals surface area (Å²) in [6.07, 6.45) is -0.569. The lowest BCUT2D eigenvalue weighted by atomic mass is 9.91. The predicted molar refractivity (Wildman–Crippen MR) is 104 cm³/mol. The second kappa shape index (κ2) is 8.42. The highest BCUT2D eigenvalue weighted by molar-refractivity contribution is 6.23. The van der Waals surface area contributed by atoms with Crippen molar-refractivity contribution in [2.24, 2.45) is 0 Å². The number of hydrogen-bond acceptors (Lipinski definition) is 5. The number of amides is 1. The zero-order valence-electron chi connectivity index (χ0n) is 17.6. The van der Waals surface area contributed by atoms with Gasteiger partial charge >= 0.3 is 0 Å². The summed E-state index contributed by atoms with van der Waals surface area (Å²) in [4.78, 5) is 19.2. The molecule has 0 fully saturated rings. The van der Waals surface area contributed by atoms with Crippen molar-refractivity contribution >= 4 is 11.5 Å². The molecule has 150 valence electrons. The second-order valence-corrected chi connectivity index (χ2v) is 7.30. The van der Waals surface area contributed by atoms with Crippen molar-refractivity contribution in [2.45, 2.75) is 60.3 Å². The molecule has 0 saturated heterocycles. The maximum Gasteiger partial charge on any atom is 0.282 e. The van der Waals surface area contributed by atoms with Gasteiger partial charge in [-0.05, 0) is 65.2 Å². The van der Waals surface area contributed by atoms with E-state index in [1.165, 1.54) is 12.2 Å². The van der Waals surface area contributed by atoms with Crippen molar-refractivity contribution < 1.29 is 23.8 Å². The predicted octanol–water partition coefficient (Wildman–Crippen LogP) is 3.88. The first-order valence-electron chi connectivity index (χ1n) is 9.22. The van der Waals surface area contributed by atoms with Gasteiger partial charge in [-0.25, -0.2) is 9.90 Å². The Morgan fingerprint density at radius 1 is 1.15 bits per heavy atom. The fourth-order valence-corrected chi connectivity index (χ4v) is 3.45. The van der Waals surface area contributed by atoms with Crippen LogP contribution in [0.1, 0.15) is 49.9 Å². The van der Waals surface area contributed by atoms with Crippen molar-refractivity contribution in [1.82, 2.24) is 5.06 Å². The number of carbonyl (C=O) groups excluding carboxylic acids is 1. The van der Waals surface area contributed by atoms with E-state index >= 15 is 0 Å². The normalized spacial score (nSPS) is 17.6. The Labute approximate surface area is 162 Å². The molecule has 6 nitrogen and oxygen atoms in total. The molecule has 0 bridgehead atoms. The summed E-state index contributed by atoms with van der Waals surface area (Å²) in [5, 5.41) is 1.34. The molecule has 0 aromatic heterocycles. The smallest absolute Gasteiger partial charge is 0.282 e. The van der Waals surface area contributed by atoms with Crippen LogP contribution in [0.15, 0.2) is 17.9 Å². The molecule has 0 aliphatic carbocycles. The van der Waals surface area contributed by atoms with E-state index in [0.29, 0.717) is 17.9 Å². The summed E-state index contributed by atoms with van der Waals surface area (Å²) < 4.78 is 16.5. The molecule has 0 spiro atoms. The molecular formula is C21H31NO5. The van der Waals surface area contributed by atoms with E-state index in [1.807, 2.05) is 41.5 Å². The number of methoxy groups -OCH3 is 1. The summed E-state index contributed by atoms with van der Waals surface area (Å²) in [5.74, 6) is 0.296. The van der Waals surface area contributed by atoms with Crippen LogP contribution in [0.4, 0.5) is 0 Å². The highest BCUT2D eigenvalue weighted by Crippen LogP contribution is 2.43. The molecular weight excluding hydrogens is 346 g/mol. The van der Waals surface area contributed by atoms with Gasteiger partial charge in [-0.1, -0.05) is 17.7 Å². The molecule has 6 heteroatoms. The van der Waals surface area contributed by atoms with Gasteiger partial charge in [0.2, 0.25) is 0 Å².